The van der Waals surface area contributed by atoms with Crippen LogP contribution in [-0.4, -0.2) is 11.5 Å². The van der Waals surface area contributed by atoms with Crippen LogP contribution in [0.15, 0.2) is 58.3 Å². The molecule has 1 heterocycles. The first kappa shape index (κ1) is 10.9. The van der Waals surface area contributed by atoms with Crippen LogP contribution in [0, 0.1) is 0 Å². The minimum Gasteiger partial charge on any atom is -0.187 e. The highest BCUT2D eigenvalue weighted by molar-refractivity contribution is 8.34. The molecule has 1 heteroatoms. The third kappa shape index (κ3) is 1.32. The van der Waals surface area contributed by atoms with Crippen molar-refractivity contribution in [1.82, 2.24) is 0 Å². The molecule has 2 aromatic carbocycles. The van der Waals surface area contributed by atoms with Gasteiger partial charge in [0, 0.05) is 9.79 Å². The van der Waals surface area contributed by atoms with Crippen LogP contribution < -0.4 is 0 Å². The van der Waals surface area contributed by atoms with Crippen LogP contribution in [0.25, 0.3) is 11.1 Å². The average Bonchev–Trinajstić information content (AvgIpc) is 2.63. The Balaban J connectivity index is 2.39. The lowest BCUT2D eigenvalue weighted by atomic mass is 10.1. The molecular weight excluding hydrogens is 224 g/mol. The number of hydrogen-bond acceptors (Lipinski definition) is 0. The molecule has 0 unspecified atom stereocenters. The predicted molar refractivity (Wildman–Crippen MR) is 77.1 cm³/mol. The standard InChI is InChI=1S/C16H18S/c1-12(2)17(3)15-10-6-4-8-13(15)14-9-5-7-11-16(14)17/h4-12H,1-3H3. The van der Waals surface area contributed by atoms with Gasteiger partial charge in [0.05, 0.1) is 0 Å². The second kappa shape index (κ2) is 3.64. The van der Waals surface area contributed by atoms with E-state index in [1.807, 2.05) is 0 Å². The van der Waals surface area contributed by atoms with Gasteiger partial charge in [0.2, 0.25) is 0 Å². The fourth-order valence-electron chi connectivity index (χ4n) is 2.74. The van der Waals surface area contributed by atoms with E-state index in [9.17, 15) is 0 Å². The van der Waals surface area contributed by atoms with E-state index in [-0.39, 0.29) is 0 Å². The number of rotatable bonds is 1. The number of hydrogen-bond donors (Lipinski definition) is 0. The van der Waals surface area contributed by atoms with Gasteiger partial charge in [-0.1, -0.05) is 50.2 Å². The second-order valence-electron chi connectivity index (χ2n) is 5.02. The molecular formula is C16H18S. The predicted octanol–water partition coefficient (Wildman–Crippen LogP) is 4.93. The summed E-state index contributed by atoms with van der Waals surface area (Å²) in [6.45, 7) is 4.71. The Morgan fingerprint density at radius 3 is 1.59 bits per heavy atom. The van der Waals surface area contributed by atoms with E-state index in [1.165, 1.54) is 11.1 Å². The quantitative estimate of drug-likeness (QED) is 0.665. The molecule has 0 bridgehead atoms. The Morgan fingerprint density at radius 2 is 1.18 bits per heavy atom. The van der Waals surface area contributed by atoms with Crippen LogP contribution in [0.4, 0.5) is 0 Å². The van der Waals surface area contributed by atoms with Crippen molar-refractivity contribution in [2.75, 3.05) is 6.26 Å². The molecule has 88 valence electrons. The molecule has 17 heavy (non-hydrogen) atoms. The minimum absolute atomic E-state index is 0.687. The fraction of sp³-hybridized carbons (Fsp3) is 0.250. The third-order valence-corrected chi connectivity index (χ3v) is 8.35. The van der Waals surface area contributed by atoms with Gasteiger partial charge in [0.1, 0.15) is 0 Å². The Hall–Kier alpha value is -1.21. The zero-order valence-corrected chi connectivity index (χ0v) is 11.4. The summed E-state index contributed by atoms with van der Waals surface area (Å²) in [5, 5.41) is 0.687. The number of fused-ring (bicyclic) bond motifs is 3. The molecule has 0 radical (unpaired) electrons. The molecule has 0 saturated heterocycles. The Morgan fingerprint density at radius 1 is 0.765 bits per heavy atom. The van der Waals surface area contributed by atoms with Crippen molar-refractivity contribution in [2.24, 2.45) is 0 Å². The summed E-state index contributed by atoms with van der Waals surface area (Å²) in [6.07, 6.45) is 2.46. The van der Waals surface area contributed by atoms with Crippen molar-refractivity contribution in [3.8, 4) is 11.1 Å². The Bertz CT molecular complexity index is 524. The van der Waals surface area contributed by atoms with Gasteiger partial charge in [-0.15, -0.1) is 0 Å². The first-order chi connectivity index (χ1) is 8.15. The van der Waals surface area contributed by atoms with Crippen LogP contribution in [0.3, 0.4) is 0 Å². The van der Waals surface area contributed by atoms with Crippen LogP contribution in [0.2, 0.25) is 0 Å². The summed E-state index contributed by atoms with van der Waals surface area (Å²) >= 11 is 0. The lowest BCUT2D eigenvalue weighted by Gasteiger charge is -2.38. The van der Waals surface area contributed by atoms with Crippen molar-refractivity contribution < 1.29 is 0 Å². The van der Waals surface area contributed by atoms with Gasteiger partial charge >= 0.3 is 0 Å². The highest BCUT2D eigenvalue weighted by Gasteiger charge is 2.36. The maximum atomic E-state index is 2.46. The molecule has 1 aliphatic rings. The molecule has 0 atom stereocenters. The van der Waals surface area contributed by atoms with Crippen molar-refractivity contribution >= 4 is 10.0 Å². The van der Waals surface area contributed by atoms with Crippen LogP contribution in [-0.2, 0) is 0 Å². The Labute approximate surface area is 105 Å². The summed E-state index contributed by atoms with van der Waals surface area (Å²) in [5.41, 5.74) is 2.91. The zero-order valence-electron chi connectivity index (χ0n) is 10.6. The van der Waals surface area contributed by atoms with E-state index in [0.717, 1.165) is 0 Å². The van der Waals surface area contributed by atoms with Gasteiger partial charge in [0.15, 0.2) is 0 Å². The van der Waals surface area contributed by atoms with Crippen molar-refractivity contribution in [3.63, 3.8) is 0 Å². The highest BCUT2D eigenvalue weighted by Crippen LogP contribution is 2.71. The average molecular weight is 242 g/mol. The lowest BCUT2D eigenvalue weighted by Crippen LogP contribution is -2.08. The van der Waals surface area contributed by atoms with E-state index < -0.39 is 10.0 Å². The first-order valence-electron chi connectivity index (χ1n) is 6.11. The molecule has 0 aromatic heterocycles. The normalized spacial score (nSPS) is 17.6. The maximum absolute atomic E-state index is 2.46. The molecule has 3 rings (SSSR count). The molecule has 0 nitrogen and oxygen atoms in total. The first-order valence-corrected chi connectivity index (χ1v) is 8.22. The fourth-order valence-corrected chi connectivity index (χ4v) is 5.99. The lowest BCUT2D eigenvalue weighted by molar-refractivity contribution is 1.08. The molecule has 0 N–H and O–H groups in total. The molecule has 0 saturated carbocycles. The topological polar surface area (TPSA) is 0 Å². The summed E-state index contributed by atoms with van der Waals surface area (Å²) in [6, 6.07) is 17.9. The van der Waals surface area contributed by atoms with Gasteiger partial charge < -0.3 is 0 Å². The molecule has 2 aromatic rings. The van der Waals surface area contributed by atoms with Gasteiger partial charge in [-0.05, 0) is 34.8 Å². The second-order valence-corrected chi connectivity index (χ2v) is 8.81. The summed E-state index contributed by atoms with van der Waals surface area (Å²) in [7, 11) is -0.839. The number of benzene rings is 2. The maximum Gasteiger partial charge on any atom is 0.00201 e. The smallest absolute Gasteiger partial charge is 0.00201 e. The van der Waals surface area contributed by atoms with Gasteiger partial charge in [-0.25, -0.2) is 0 Å². The minimum atomic E-state index is -0.839. The largest absolute Gasteiger partial charge is 0.187 e. The summed E-state index contributed by atoms with van der Waals surface area (Å²) < 4.78 is 0. The van der Waals surface area contributed by atoms with Gasteiger partial charge in [-0.2, -0.15) is 10.0 Å². The SMILES string of the molecule is CC(C)S1(C)c2ccccc2-c2ccccc21. The van der Waals surface area contributed by atoms with E-state index in [1.54, 1.807) is 9.79 Å². The molecule has 0 aliphatic carbocycles. The van der Waals surface area contributed by atoms with E-state index in [4.69, 9.17) is 0 Å². The molecule has 1 aliphatic heterocycles. The van der Waals surface area contributed by atoms with E-state index in [2.05, 4.69) is 68.6 Å². The van der Waals surface area contributed by atoms with Crippen LogP contribution >= 0.6 is 10.0 Å². The summed E-state index contributed by atoms with van der Waals surface area (Å²) in [4.78, 5) is 3.13. The van der Waals surface area contributed by atoms with Crippen molar-refractivity contribution in [2.45, 2.75) is 28.9 Å². The van der Waals surface area contributed by atoms with Gasteiger partial charge in [-0.3, -0.25) is 0 Å². The molecule has 0 fully saturated rings. The van der Waals surface area contributed by atoms with Crippen LogP contribution in [0.5, 0.6) is 0 Å². The Kier molecular flexibility index (Phi) is 2.34. The monoisotopic (exact) mass is 242 g/mol. The van der Waals surface area contributed by atoms with Crippen molar-refractivity contribution in [3.05, 3.63) is 48.5 Å². The van der Waals surface area contributed by atoms with Gasteiger partial charge in [0.25, 0.3) is 0 Å². The highest BCUT2D eigenvalue weighted by atomic mass is 32.3. The van der Waals surface area contributed by atoms with E-state index >= 15 is 0 Å². The zero-order chi connectivity index (χ0) is 12.0. The summed E-state index contributed by atoms with van der Waals surface area (Å²) in [5.74, 6) is 0. The third-order valence-electron chi connectivity index (χ3n) is 3.92. The van der Waals surface area contributed by atoms with Crippen LogP contribution in [0.1, 0.15) is 13.8 Å². The van der Waals surface area contributed by atoms with Crippen molar-refractivity contribution in [1.29, 1.82) is 0 Å². The van der Waals surface area contributed by atoms with E-state index in [0.29, 0.717) is 5.25 Å². The molecule has 0 amide bonds. The molecule has 0 spiro atoms.